The Hall–Kier alpha value is -3.56. The molecule has 0 saturated heterocycles. The van der Waals surface area contributed by atoms with E-state index in [9.17, 15) is 9.59 Å². The van der Waals surface area contributed by atoms with Gasteiger partial charge >= 0.3 is 5.69 Å². The number of hydrogen-bond donors (Lipinski definition) is 0. The molecule has 0 aliphatic carbocycles. The molecule has 0 saturated carbocycles. The molecule has 10 heteroatoms. The predicted molar refractivity (Wildman–Crippen MR) is 98.1 cm³/mol. The van der Waals surface area contributed by atoms with Crippen molar-refractivity contribution >= 4 is 11.2 Å². The zero-order valence-electron chi connectivity index (χ0n) is 15.0. The molecule has 3 aromatic heterocycles. The molecule has 0 N–H and O–H groups in total. The minimum atomic E-state index is -0.386. The first-order valence-corrected chi connectivity index (χ1v) is 8.50. The van der Waals surface area contributed by atoms with Gasteiger partial charge in [0.05, 0.1) is 12.9 Å². The van der Waals surface area contributed by atoms with Crippen LogP contribution in [0.2, 0.25) is 0 Å². The van der Waals surface area contributed by atoms with Crippen LogP contribution in [0.15, 0.2) is 46.2 Å². The summed E-state index contributed by atoms with van der Waals surface area (Å²) in [7, 11) is 3.34. The van der Waals surface area contributed by atoms with Crippen molar-refractivity contribution in [2.24, 2.45) is 14.1 Å². The van der Waals surface area contributed by atoms with E-state index in [1.807, 2.05) is 30.3 Å². The molecule has 0 spiro atoms. The molecule has 1 aromatic carbocycles. The first-order valence-electron chi connectivity index (χ1n) is 8.50. The molecule has 4 aromatic rings. The van der Waals surface area contributed by atoms with Crippen LogP contribution in [0.1, 0.15) is 6.42 Å². The molecule has 0 aliphatic rings. The van der Waals surface area contributed by atoms with Gasteiger partial charge in [-0.1, -0.05) is 30.3 Å². The molecular formula is C17H18N8O2. The van der Waals surface area contributed by atoms with Crippen LogP contribution < -0.4 is 11.2 Å². The van der Waals surface area contributed by atoms with Crippen molar-refractivity contribution in [2.45, 2.75) is 19.5 Å². The number of benzene rings is 1. The smallest absolute Gasteiger partial charge is 0.328 e. The van der Waals surface area contributed by atoms with Gasteiger partial charge in [0.15, 0.2) is 11.2 Å². The molecule has 0 bridgehead atoms. The van der Waals surface area contributed by atoms with Gasteiger partial charge < -0.3 is 4.57 Å². The van der Waals surface area contributed by atoms with Gasteiger partial charge in [0.2, 0.25) is 5.82 Å². The average Bonchev–Trinajstić information content (AvgIpc) is 3.30. The molecule has 4 rings (SSSR count). The summed E-state index contributed by atoms with van der Waals surface area (Å²) in [4.78, 5) is 30.7. The highest BCUT2D eigenvalue weighted by Gasteiger charge is 2.14. The number of aromatic nitrogens is 8. The van der Waals surface area contributed by atoms with Gasteiger partial charge in [0.1, 0.15) is 0 Å². The Morgan fingerprint density at radius 1 is 1.04 bits per heavy atom. The summed E-state index contributed by atoms with van der Waals surface area (Å²) in [6, 6.07) is 9.56. The zero-order chi connectivity index (χ0) is 19.0. The number of hydrogen-bond acceptors (Lipinski definition) is 6. The van der Waals surface area contributed by atoms with Crippen molar-refractivity contribution in [1.29, 1.82) is 0 Å². The van der Waals surface area contributed by atoms with E-state index in [1.165, 1.54) is 20.3 Å². The maximum Gasteiger partial charge on any atom is 0.332 e. The zero-order valence-corrected chi connectivity index (χ0v) is 15.0. The maximum absolute atomic E-state index is 12.7. The molecular weight excluding hydrogens is 348 g/mol. The molecule has 3 heterocycles. The number of tetrazole rings is 1. The number of aryl methyl sites for hydroxylation is 3. The lowest BCUT2D eigenvalue weighted by Crippen LogP contribution is -2.39. The Morgan fingerprint density at radius 2 is 1.81 bits per heavy atom. The highest BCUT2D eigenvalue weighted by molar-refractivity contribution is 5.69. The topological polar surface area (TPSA) is 105 Å². The maximum atomic E-state index is 12.7. The van der Waals surface area contributed by atoms with Crippen molar-refractivity contribution in [2.75, 3.05) is 0 Å². The summed E-state index contributed by atoms with van der Waals surface area (Å²) in [5, 5.41) is 12.4. The van der Waals surface area contributed by atoms with E-state index in [0.29, 0.717) is 30.0 Å². The lowest BCUT2D eigenvalue weighted by atomic mass is 10.2. The lowest BCUT2D eigenvalue weighted by molar-refractivity contribution is 0.457. The van der Waals surface area contributed by atoms with Crippen LogP contribution in [-0.2, 0) is 27.2 Å². The Kier molecular flexibility index (Phi) is 4.15. The molecule has 27 heavy (non-hydrogen) atoms. The first kappa shape index (κ1) is 16.9. The minimum Gasteiger partial charge on any atom is -0.328 e. The normalized spacial score (nSPS) is 11.3. The molecule has 0 aliphatic heterocycles. The van der Waals surface area contributed by atoms with Gasteiger partial charge in [-0.2, -0.15) is 4.80 Å². The Morgan fingerprint density at radius 3 is 2.59 bits per heavy atom. The number of nitrogens with zero attached hydrogens (tertiary/aromatic N) is 8. The quantitative estimate of drug-likeness (QED) is 0.499. The molecule has 0 amide bonds. The van der Waals surface area contributed by atoms with E-state index in [2.05, 4.69) is 20.4 Å². The van der Waals surface area contributed by atoms with Crippen molar-refractivity contribution in [3.63, 3.8) is 0 Å². The average molecular weight is 366 g/mol. The van der Waals surface area contributed by atoms with E-state index in [1.54, 1.807) is 18.7 Å². The monoisotopic (exact) mass is 366 g/mol. The summed E-state index contributed by atoms with van der Waals surface area (Å²) >= 11 is 0. The molecule has 138 valence electrons. The Bertz CT molecular complexity index is 1220. The van der Waals surface area contributed by atoms with Crippen LogP contribution in [0, 0.1) is 0 Å². The Balaban J connectivity index is 1.53. The third kappa shape index (κ3) is 2.94. The second-order valence-electron chi connectivity index (χ2n) is 6.25. The number of imidazole rings is 1. The summed E-state index contributed by atoms with van der Waals surface area (Å²) in [6.07, 6.45) is 2.05. The Labute approximate surface area is 153 Å². The van der Waals surface area contributed by atoms with Crippen LogP contribution in [0.4, 0.5) is 0 Å². The van der Waals surface area contributed by atoms with Crippen molar-refractivity contribution in [3.05, 3.63) is 57.5 Å². The van der Waals surface area contributed by atoms with Crippen LogP contribution >= 0.6 is 0 Å². The molecule has 0 unspecified atom stereocenters. The fourth-order valence-corrected chi connectivity index (χ4v) is 3.00. The lowest BCUT2D eigenvalue weighted by Gasteiger charge is -2.08. The standard InChI is InChI=1S/C17H18N8O2/c1-22-11-18-15-13(22)16(26)24(17(27)23(15)2)9-6-10-25-20-14(19-21-25)12-7-4-3-5-8-12/h3-5,7-8,11H,6,9-10H2,1-2H3. The number of fused-ring (bicyclic) bond motifs is 1. The van der Waals surface area contributed by atoms with Gasteiger partial charge in [-0.15, -0.1) is 10.2 Å². The van der Waals surface area contributed by atoms with Gasteiger partial charge in [0, 0.05) is 26.2 Å². The molecule has 0 radical (unpaired) electrons. The minimum absolute atomic E-state index is 0.259. The van der Waals surface area contributed by atoms with Gasteiger partial charge in [-0.05, 0) is 11.6 Å². The van der Waals surface area contributed by atoms with Crippen LogP contribution in [0.3, 0.4) is 0 Å². The van der Waals surface area contributed by atoms with Crippen molar-refractivity contribution in [3.8, 4) is 11.4 Å². The van der Waals surface area contributed by atoms with E-state index >= 15 is 0 Å². The summed E-state index contributed by atoms with van der Waals surface area (Å²) in [5.41, 5.74) is 0.944. The highest BCUT2D eigenvalue weighted by Crippen LogP contribution is 2.11. The second-order valence-corrected chi connectivity index (χ2v) is 6.25. The third-order valence-corrected chi connectivity index (χ3v) is 4.43. The fourth-order valence-electron chi connectivity index (χ4n) is 3.00. The van der Waals surface area contributed by atoms with Crippen molar-refractivity contribution < 1.29 is 0 Å². The van der Waals surface area contributed by atoms with Crippen LogP contribution in [0.5, 0.6) is 0 Å². The van der Waals surface area contributed by atoms with E-state index < -0.39 is 0 Å². The molecule has 10 nitrogen and oxygen atoms in total. The number of rotatable bonds is 5. The van der Waals surface area contributed by atoms with Gasteiger partial charge in [0.25, 0.3) is 5.56 Å². The molecule has 0 fully saturated rings. The van der Waals surface area contributed by atoms with Gasteiger partial charge in [-0.3, -0.25) is 13.9 Å². The summed E-state index contributed by atoms with van der Waals surface area (Å²) in [6.45, 7) is 0.702. The van der Waals surface area contributed by atoms with Crippen LogP contribution in [0.25, 0.3) is 22.6 Å². The summed E-state index contributed by atoms with van der Waals surface area (Å²) in [5.74, 6) is 0.542. The largest absolute Gasteiger partial charge is 0.332 e. The fraction of sp³-hybridized carbons (Fsp3) is 0.294. The molecule has 0 atom stereocenters. The predicted octanol–water partition coefficient (Wildman–Crippen LogP) is 0.177. The highest BCUT2D eigenvalue weighted by atomic mass is 16.2. The van der Waals surface area contributed by atoms with Crippen LogP contribution in [-0.4, -0.2) is 38.9 Å². The van der Waals surface area contributed by atoms with Crippen molar-refractivity contribution in [1.82, 2.24) is 38.9 Å². The SMILES string of the molecule is Cn1cnc2c1c(=O)n(CCCn1nnc(-c3ccccc3)n1)c(=O)n2C. The summed E-state index contributed by atoms with van der Waals surface area (Å²) < 4.78 is 4.23. The first-order chi connectivity index (χ1) is 13.1. The van der Waals surface area contributed by atoms with E-state index in [0.717, 1.165) is 5.56 Å². The van der Waals surface area contributed by atoms with Gasteiger partial charge in [-0.25, -0.2) is 9.78 Å². The van der Waals surface area contributed by atoms with E-state index in [4.69, 9.17) is 0 Å². The third-order valence-electron chi connectivity index (χ3n) is 4.43. The van der Waals surface area contributed by atoms with E-state index in [-0.39, 0.29) is 17.8 Å². The second kappa shape index (κ2) is 6.63.